The van der Waals surface area contributed by atoms with Gasteiger partial charge in [-0.05, 0) is 31.2 Å². The van der Waals surface area contributed by atoms with Crippen LogP contribution in [0.1, 0.15) is 6.92 Å². The fourth-order valence-corrected chi connectivity index (χ4v) is 0.910. The molecule has 0 aliphatic carbocycles. The summed E-state index contributed by atoms with van der Waals surface area (Å²) in [6.45, 7) is 1.48. The van der Waals surface area contributed by atoms with Crippen LogP contribution in [0.15, 0.2) is 24.3 Å². The van der Waals surface area contributed by atoms with Crippen molar-refractivity contribution in [3.63, 3.8) is 0 Å². The van der Waals surface area contributed by atoms with Crippen molar-refractivity contribution in [2.75, 3.05) is 5.43 Å². The summed E-state index contributed by atoms with van der Waals surface area (Å²) in [6.07, 6.45) is -0.899. The largest absolute Gasteiger partial charge is 0.465 e. The summed E-state index contributed by atoms with van der Waals surface area (Å²) in [5, 5.41) is 18.3. The summed E-state index contributed by atoms with van der Waals surface area (Å²) in [7, 11) is 0. The lowest BCUT2D eigenvalue weighted by atomic mass is 10.3. The van der Waals surface area contributed by atoms with Crippen LogP contribution in [0.5, 0.6) is 5.75 Å². The molecule has 14 heavy (non-hydrogen) atoms. The minimum absolute atomic E-state index is 0.355. The molecule has 0 saturated heterocycles. The molecule has 1 unspecified atom stereocenters. The number of nitrogens with zero attached hydrogens (tertiary/aromatic N) is 1. The molecule has 0 amide bonds. The number of anilines is 1. The Kier molecular flexibility index (Phi) is 3.24. The fraction of sp³-hybridized carbons (Fsp3) is 0.250. The minimum atomic E-state index is -0.899. The summed E-state index contributed by atoms with van der Waals surface area (Å²) in [6, 6.07) is 6.03. The van der Waals surface area contributed by atoms with Crippen LogP contribution >= 0.6 is 0 Å². The van der Waals surface area contributed by atoms with Gasteiger partial charge in [-0.15, -0.1) is 5.43 Å². The quantitative estimate of drug-likeness (QED) is 0.428. The van der Waals surface area contributed by atoms with Crippen LogP contribution in [0, 0.1) is 10.1 Å². The first kappa shape index (κ1) is 10.3. The third-order valence-corrected chi connectivity index (χ3v) is 1.38. The SMILES string of the molecule is CC(O)Oc1ccc(N[N+](=O)[O-])cc1. The molecule has 0 aromatic heterocycles. The number of hydrazine groups is 1. The molecular weight excluding hydrogens is 188 g/mol. The summed E-state index contributed by atoms with van der Waals surface area (Å²) in [5.41, 5.74) is 2.34. The first-order chi connectivity index (χ1) is 6.58. The molecule has 6 heteroatoms. The van der Waals surface area contributed by atoms with E-state index < -0.39 is 11.3 Å². The Bertz CT molecular complexity index is 310. The average molecular weight is 198 g/mol. The van der Waals surface area contributed by atoms with Gasteiger partial charge < -0.3 is 9.84 Å². The van der Waals surface area contributed by atoms with Gasteiger partial charge in [-0.25, -0.2) is 10.1 Å². The molecule has 6 nitrogen and oxygen atoms in total. The van der Waals surface area contributed by atoms with Gasteiger partial charge in [-0.3, -0.25) is 0 Å². The number of nitro groups is 1. The van der Waals surface area contributed by atoms with Crippen molar-refractivity contribution >= 4 is 5.69 Å². The predicted octanol–water partition coefficient (Wildman–Crippen LogP) is 1.01. The van der Waals surface area contributed by atoms with E-state index in [0.717, 1.165) is 0 Å². The van der Waals surface area contributed by atoms with Crippen LogP contribution in [0.25, 0.3) is 0 Å². The number of hydrogen-bond acceptors (Lipinski definition) is 4. The zero-order valence-corrected chi connectivity index (χ0v) is 7.51. The van der Waals surface area contributed by atoms with Gasteiger partial charge in [0.2, 0.25) is 0 Å². The predicted molar refractivity (Wildman–Crippen MR) is 49.4 cm³/mol. The van der Waals surface area contributed by atoms with Crippen LogP contribution < -0.4 is 10.2 Å². The number of hydrogen-bond donors (Lipinski definition) is 2. The molecule has 0 saturated carbocycles. The van der Waals surface area contributed by atoms with Crippen molar-refractivity contribution in [2.24, 2.45) is 0 Å². The molecule has 0 radical (unpaired) electrons. The zero-order chi connectivity index (χ0) is 10.6. The van der Waals surface area contributed by atoms with Gasteiger partial charge in [0.25, 0.3) is 0 Å². The molecule has 1 aromatic rings. The molecule has 0 heterocycles. The number of rotatable bonds is 4. The van der Waals surface area contributed by atoms with E-state index in [4.69, 9.17) is 9.84 Å². The zero-order valence-electron chi connectivity index (χ0n) is 7.51. The maximum Gasteiger partial charge on any atom is 0.194 e. The highest BCUT2D eigenvalue weighted by molar-refractivity contribution is 5.44. The van der Waals surface area contributed by atoms with Crippen molar-refractivity contribution < 1.29 is 14.9 Å². The Morgan fingerprint density at radius 2 is 2.07 bits per heavy atom. The molecule has 0 bridgehead atoms. The first-order valence-electron chi connectivity index (χ1n) is 3.94. The smallest absolute Gasteiger partial charge is 0.194 e. The second-order valence-electron chi connectivity index (χ2n) is 2.61. The lowest BCUT2D eigenvalue weighted by molar-refractivity contribution is -0.445. The van der Waals surface area contributed by atoms with Crippen molar-refractivity contribution in [2.45, 2.75) is 13.2 Å². The van der Waals surface area contributed by atoms with Gasteiger partial charge >= 0.3 is 0 Å². The van der Waals surface area contributed by atoms with Crippen molar-refractivity contribution in [1.82, 2.24) is 0 Å². The van der Waals surface area contributed by atoms with E-state index in [0.29, 0.717) is 11.4 Å². The van der Waals surface area contributed by atoms with E-state index in [1.165, 1.54) is 31.2 Å². The van der Waals surface area contributed by atoms with Crippen molar-refractivity contribution in [3.05, 3.63) is 34.4 Å². The molecule has 0 aliphatic rings. The van der Waals surface area contributed by atoms with E-state index in [1.54, 1.807) is 0 Å². The third kappa shape index (κ3) is 3.28. The molecule has 1 aromatic carbocycles. The van der Waals surface area contributed by atoms with Crippen LogP contribution in [0.3, 0.4) is 0 Å². The van der Waals surface area contributed by atoms with Crippen LogP contribution in [0.4, 0.5) is 5.69 Å². The highest BCUT2D eigenvalue weighted by Gasteiger charge is 2.01. The normalized spacial score (nSPS) is 11.9. The van der Waals surface area contributed by atoms with Crippen LogP contribution in [-0.2, 0) is 0 Å². The fourth-order valence-electron chi connectivity index (χ4n) is 0.910. The Balaban J connectivity index is 2.63. The minimum Gasteiger partial charge on any atom is -0.465 e. The molecule has 1 atom stereocenters. The Hall–Kier alpha value is -1.82. The summed E-state index contributed by atoms with van der Waals surface area (Å²) in [5.74, 6) is 0.453. The van der Waals surface area contributed by atoms with Crippen LogP contribution in [0.2, 0.25) is 0 Å². The van der Waals surface area contributed by atoms with Gasteiger partial charge in [-0.1, -0.05) is 0 Å². The highest BCUT2D eigenvalue weighted by atomic mass is 16.7. The number of benzene rings is 1. The molecule has 76 valence electrons. The maximum absolute atomic E-state index is 10.1. The topological polar surface area (TPSA) is 84.6 Å². The second-order valence-corrected chi connectivity index (χ2v) is 2.61. The molecule has 0 aliphatic heterocycles. The van der Waals surface area contributed by atoms with E-state index >= 15 is 0 Å². The van der Waals surface area contributed by atoms with Crippen LogP contribution in [-0.4, -0.2) is 16.4 Å². The molecular formula is C8H10N2O4. The molecule has 0 spiro atoms. The third-order valence-electron chi connectivity index (χ3n) is 1.38. The van der Waals surface area contributed by atoms with Gasteiger partial charge in [0.1, 0.15) is 11.4 Å². The summed E-state index contributed by atoms with van der Waals surface area (Å²) < 4.78 is 4.93. The molecule has 1 rings (SSSR count). The number of nitrogens with one attached hydrogen (secondary N) is 1. The van der Waals surface area contributed by atoms with E-state index in [9.17, 15) is 10.1 Å². The van der Waals surface area contributed by atoms with Crippen molar-refractivity contribution in [3.8, 4) is 5.75 Å². The Morgan fingerprint density at radius 1 is 1.50 bits per heavy atom. The molecule has 2 N–H and O–H groups in total. The van der Waals surface area contributed by atoms with Gasteiger partial charge in [0.05, 0.1) is 0 Å². The lowest BCUT2D eigenvalue weighted by Crippen LogP contribution is -2.10. The van der Waals surface area contributed by atoms with Crippen molar-refractivity contribution in [1.29, 1.82) is 0 Å². The lowest BCUT2D eigenvalue weighted by Gasteiger charge is -2.08. The standard InChI is InChI=1S/C8H10N2O4/c1-6(11)14-8-4-2-7(3-5-8)9-10(12)13/h2-6,9,11H,1H3. The monoisotopic (exact) mass is 198 g/mol. The average Bonchev–Trinajstić information content (AvgIpc) is 2.06. The van der Waals surface area contributed by atoms with Gasteiger partial charge in [0, 0.05) is 0 Å². The van der Waals surface area contributed by atoms with E-state index in [2.05, 4.69) is 0 Å². The van der Waals surface area contributed by atoms with E-state index in [-0.39, 0.29) is 0 Å². The highest BCUT2D eigenvalue weighted by Crippen LogP contribution is 2.16. The number of ether oxygens (including phenoxy) is 1. The van der Waals surface area contributed by atoms with E-state index in [1.807, 2.05) is 5.43 Å². The molecule has 0 fully saturated rings. The van der Waals surface area contributed by atoms with Gasteiger partial charge in [-0.2, -0.15) is 0 Å². The summed E-state index contributed by atoms with van der Waals surface area (Å²) >= 11 is 0. The number of aliphatic hydroxyl groups excluding tert-OH is 1. The maximum atomic E-state index is 10.1. The summed E-state index contributed by atoms with van der Waals surface area (Å²) in [4.78, 5) is 10.1. The van der Waals surface area contributed by atoms with Gasteiger partial charge in [0.15, 0.2) is 11.3 Å². The second kappa shape index (κ2) is 4.43. The number of aliphatic hydroxyl groups is 1. The Morgan fingerprint density at radius 3 is 2.50 bits per heavy atom. The first-order valence-corrected chi connectivity index (χ1v) is 3.94. The Labute approximate surface area is 80.2 Å².